The van der Waals surface area contributed by atoms with E-state index in [1.165, 1.54) is 5.56 Å². The molecule has 0 radical (unpaired) electrons. The lowest BCUT2D eigenvalue weighted by atomic mass is 10.1. The van der Waals surface area contributed by atoms with Crippen LogP contribution in [0.4, 0.5) is 0 Å². The van der Waals surface area contributed by atoms with Gasteiger partial charge in [0.05, 0.1) is 5.69 Å². The van der Waals surface area contributed by atoms with E-state index in [0.29, 0.717) is 11.9 Å². The Morgan fingerprint density at radius 2 is 1.75 bits per heavy atom. The van der Waals surface area contributed by atoms with E-state index in [2.05, 4.69) is 59.7 Å². The third-order valence-corrected chi connectivity index (χ3v) is 6.14. The summed E-state index contributed by atoms with van der Waals surface area (Å²) in [7, 11) is 0. The van der Waals surface area contributed by atoms with Crippen LogP contribution in [0.2, 0.25) is 5.15 Å². The Kier molecular flexibility index (Phi) is 7.72. The standard InChI is InChI=1S/C26H32ClN3O2/c1-3-5-14-29(17-20-12-13-23-24(16-20)32-19-31-23)18-22-25(27)28-26(30(22)15-6-4-2)21-10-8-7-9-11-21/h7-13,16H,3-6,14-15,17-19H2,1-2H3. The van der Waals surface area contributed by atoms with E-state index in [-0.39, 0.29) is 0 Å². The van der Waals surface area contributed by atoms with Crippen LogP contribution in [0.3, 0.4) is 0 Å². The number of aromatic nitrogens is 2. The van der Waals surface area contributed by atoms with Crippen LogP contribution in [-0.2, 0) is 19.6 Å². The first kappa shape index (κ1) is 22.7. The van der Waals surface area contributed by atoms with Crippen molar-refractivity contribution in [3.63, 3.8) is 0 Å². The summed E-state index contributed by atoms with van der Waals surface area (Å²) in [5, 5.41) is 0.604. The molecular formula is C26H32ClN3O2. The summed E-state index contributed by atoms with van der Waals surface area (Å²) >= 11 is 6.74. The lowest BCUT2D eigenvalue weighted by molar-refractivity contribution is 0.174. The molecule has 0 unspecified atom stereocenters. The maximum Gasteiger partial charge on any atom is 0.231 e. The van der Waals surface area contributed by atoms with E-state index in [9.17, 15) is 0 Å². The van der Waals surface area contributed by atoms with Crippen molar-refractivity contribution in [1.82, 2.24) is 14.5 Å². The Bertz CT molecular complexity index is 1020. The van der Waals surface area contributed by atoms with Crippen molar-refractivity contribution in [1.29, 1.82) is 0 Å². The first-order valence-corrected chi connectivity index (χ1v) is 12.0. The van der Waals surface area contributed by atoms with Gasteiger partial charge in [-0.2, -0.15) is 0 Å². The van der Waals surface area contributed by atoms with E-state index < -0.39 is 0 Å². The van der Waals surface area contributed by atoms with Crippen LogP contribution < -0.4 is 9.47 Å². The molecule has 0 saturated heterocycles. The van der Waals surface area contributed by atoms with Gasteiger partial charge in [0.25, 0.3) is 0 Å². The van der Waals surface area contributed by atoms with Gasteiger partial charge < -0.3 is 14.0 Å². The van der Waals surface area contributed by atoms with E-state index in [4.69, 9.17) is 26.1 Å². The average molecular weight is 454 g/mol. The number of nitrogens with zero attached hydrogens (tertiary/aromatic N) is 3. The molecule has 0 spiro atoms. The van der Waals surface area contributed by atoms with Gasteiger partial charge in [0.15, 0.2) is 16.7 Å². The van der Waals surface area contributed by atoms with Gasteiger partial charge in [0.1, 0.15) is 5.82 Å². The Morgan fingerprint density at radius 3 is 2.53 bits per heavy atom. The number of hydrogen-bond donors (Lipinski definition) is 0. The molecule has 0 aliphatic carbocycles. The van der Waals surface area contributed by atoms with Gasteiger partial charge >= 0.3 is 0 Å². The number of benzene rings is 2. The zero-order valence-electron chi connectivity index (χ0n) is 19.0. The van der Waals surface area contributed by atoms with Crippen LogP contribution in [0.25, 0.3) is 11.4 Å². The normalized spacial score (nSPS) is 12.6. The van der Waals surface area contributed by atoms with Crippen molar-refractivity contribution in [2.24, 2.45) is 0 Å². The predicted octanol–water partition coefficient (Wildman–Crippen LogP) is 6.53. The molecule has 1 aliphatic rings. The molecule has 0 amide bonds. The third kappa shape index (κ3) is 5.28. The molecule has 1 aromatic heterocycles. The lowest BCUT2D eigenvalue weighted by Crippen LogP contribution is -2.25. The van der Waals surface area contributed by atoms with Crippen molar-refractivity contribution in [3.05, 3.63) is 64.9 Å². The maximum atomic E-state index is 6.74. The van der Waals surface area contributed by atoms with Crippen LogP contribution in [0, 0.1) is 0 Å². The highest BCUT2D eigenvalue weighted by Gasteiger charge is 2.20. The summed E-state index contributed by atoms with van der Waals surface area (Å²) in [6, 6.07) is 16.6. The van der Waals surface area contributed by atoms with Crippen molar-refractivity contribution in [2.75, 3.05) is 13.3 Å². The Hall–Kier alpha value is -2.50. The SMILES string of the molecule is CCCCN(Cc1ccc2c(c1)OCO2)Cc1c(Cl)nc(-c2ccccc2)n1CCCC. The van der Waals surface area contributed by atoms with Gasteiger partial charge in [-0.1, -0.05) is 74.7 Å². The van der Waals surface area contributed by atoms with Crippen molar-refractivity contribution < 1.29 is 9.47 Å². The zero-order chi connectivity index (χ0) is 22.3. The molecule has 6 heteroatoms. The molecule has 0 bridgehead atoms. The number of fused-ring (bicyclic) bond motifs is 1. The summed E-state index contributed by atoms with van der Waals surface area (Å²) in [5.41, 5.74) is 3.41. The number of rotatable bonds is 11. The minimum absolute atomic E-state index is 0.298. The van der Waals surface area contributed by atoms with Crippen LogP contribution in [0.15, 0.2) is 48.5 Å². The topological polar surface area (TPSA) is 39.5 Å². The molecule has 0 N–H and O–H groups in total. The highest BCUT2D eigenvalue weighted by atomic mass is 35.5. The van der Waals surface area contributed by atoms with Gasteiger partial charge in [-0.3, -0.25) is 4.90 Å². The third-order valence-electron chi connectivity index (χ3n) is 5.84. The van der Waals surface area contributed by atoms with Gasteiger partial charge in [-0.15, -0.1) is 0 Å². The molecular weight excluding hydrogens is 422 g/mol. The van der Waals surface area contributed by atoms with Crippen molar-refractivity contribution >= 4 is 11.6 Å². The first-order valence-electron chi connectivity index (χ1n) is 11.6. The fourth-order valence-electron chi connectivity index (χ4n) is 4.08. The smallest absolute Gasteiger partial charge is 0.231 e. The summed E-state index contributed by atoms with van der Waals surface area (Å²) in [6.45, 7) is 8.25. The largest absolute Gasteiger partial charge is 0.454 e. The lowest BCUT2D eigenvalue weighted by Gasteiger charge is -2.24. The number of hydrogen-bond acceptors (Lipinski definition) is 4. The highest BCUT2D eigenvalue weighted by Crippen LogP contribution is 2.33. The summed E-state index contributed by atoms with van der Waals surface area (Å²) in [6.07, 6.45) is 4.50. The maximum absolute atomic E-state index is 6.74. The molecule has 0 atom stereocenters. The number of imidazole rings is 1. The molecule has 1 aliphatic heterocycles. The van der Waals surface area contributed by atoms with Crippen molar-refractivity contribution in [3.8, 4) is 22.9 Å². The summed E-state index contributed by atoms with van der Waals surface area (Å²) < 4.78 is 13.4. The summed E-state index contributed by atoms with van der Waals surface area (Å²) in [4.78, 5) is 7.25. The van der Waals surface area contributed by atoms with E-state index in [0.717, 1.165) is 80.4 Å². The second kappa shape index (κ2) is 10.9. The monoisotopic (exact) mass is 453 g/mol. The van der Waals surface area contributed by atoms with Gasteiger partial charge in [-0.05, 0) is 37.1 Å². The molecule has 0 saturated carbocycles. The minimum Gasteiger partial charge on any atom is -0.454 e. The van der Waals surface area contributed by atoms with Gasteiger partial charge in [0.2, 0.25) is 6.79 Å². The molecule has 2 aromatic carbocycles. The molecule has 0 fully saturated rings. The highest BCUT2D eigenvalue weighted by molar-refractivity contribution is 6.30. The fraction of sp³-hybridized carbons (Fsp3) is 0.423. The van der Waals surface area contributed by atoms with Crippen molar-refractivity contribution in [2.45, 2.75) is 59.2 Å². The fourth-order valence-corrected chi connectivity index (χ4v) is 4.32. The second-order valence-corrected chi connectivity index (χ2v) is 8.65. The van der Waals surface area contributed by atoms with Crippen LogP contribution in [0.1, 0.15) is 50.8 Å². The van der Waals surface area contributed by atoms with Crippen LogP contribution >= 0.6 is 11.6 Å². The van der Waals surface area contributed by atoms with E-state index >= 15 is 0 Å². The van der Waals surface area contributed by atoms with Gasteiger partial charge in [0, 0.05) is 25.2 Å². The zero-order valence-corrected chi connectivity index (χ0v) is 19.8. The van der Waals surface area contributed by atoms with Crippen LogP contribution in [-0.4, -0.2) is 27.8 Å². The second-order valence-electron chi connectivity index (χ2n) is 8.30. The molecule has 3 aromatic rings. The number of halogens is 1. The van der Waals surface area contributed by atoms with Crippen LogP contribution in [0.5, 0.6) is 11.5 Å². The van der Waals surface area contributed by atoms with E-state index in [1.54, 1.807) is 0 Å². The number of ether oxygens (including phenoxy) is 2. The number of unbranched alkanes of at least 4 members (excludes halogenated alkanes) is 2. The molecule has 4 rings (SSSR count). The predicted molar refractivity (Wildman–Crippen MR) is 129 cm³/mol. The Morgan fingerprint density at radius 1 is 0.969 bits per heavy atom. The van der Waals surface area contributed by atoms with E-state index in [1.807, 2.05) is 12.1 Å². The molecule has 2 heterocycles. The quantitative estimate of drug-likeness (QED) is 0.330. The Labute approximate surface area is 195 Å². The minimum atomic E-state index is 0.298. The molecule has 32 heavy (non-hydrogen) atoms. The first-order chi connectivity index (χ1) is 15.7. The average Bonchev–Trinajstić information content (AvgIpc) is 3.40. The molecule has 170 valence electrons. The van der Waals surface area contributed by atoms with Gasteiger partial charge in [-0.25, -0.2) is 4.98 Å². The Balaban J connectivity index is 1.61. The molecule has 5 nitrogen and oxygen atoms in total. The summed E-state index contributed by atoms with van der Waals surface area (Å²) in [5.74, 6) is 2.61.